The van der Waals surface area contributed by atoms with Crippen LogP contribution in [0, 0.1) is 0 Å². The van der Waals surface area contributed by atoms with Crippen LogP contribution in [0.2, 0.25) is 0 Å². The third-order valence-corrected chi connectivity index (χ3v) is 2.26. The Labute approximate surface area is 73.4 Å². The molecule has 1 amide bonds. The molecule has 0 saturated carbocycles. The fraction of sp³-hybridized carbons (Fsp3) is 0.889. The number of carbonyl (C=O) groups excluding carboxylic acids is 1. The minimum Gasteiger partial charge on any atom is -0.396 e. The predicted molar refractivity (Wildman–Crippen MR) is 46.8 cm³/mol. The van der Waals surface area contributed by atoms with Gasteiger partial charge in [0.1, 0.15) is 0 Å². The highest BCUT2D eigenvalue weighted by atomic mass is 16.3. The van der Waals surface area contributed by atoms with Crippen molar-refractivity contribution >= 4 is 5.91 Å². The van der Waals surface area contributed by atoms with Gasteiger partial charge in [0.25, 0.3) is 0 Å². The Hall–Kier alpha value is -0.570. The van der Waals surface area contributed by atoms with Crippen LogP contribution in [0.3, 0.4) is 0 Å². The lowest BCUT2D eigenvalue weighted by Crippen LogP contribution is -2.31. The summed E-state index contributed by atoms with van der Waals surface area (Å²) in [6.45, 7) is 1.80. The average molecular weight is 171 g/mol. The Bertz CT molecular complexity index is 147. The van der Waals surface area contributed by atoms with Crippen molar-refractivity contribution in [2.45, 2.75) is 32.1 Å². The van der Waals surface area contributed by atoms with Gasteiger partial charge in [-0.05, 0) is 19.3 Å². The summed E-state index contributed by atoms with van der Waals surface area (Å²) in [5.74, 6) is 0.265. The third-order valence-electron chi connectivity index (χ3n) is 2.26. The summed E-state index contributed by atoms with van der Waals surface area (Å²) in [7, 11) is 0. The summed E-state index contributed by atoms with van der Waals surface area (Å²) >= 11 is 0. The van der Waals surface area contributed by atoms with Gasteiger partial charge >= 0.3 is 0 Å². The molecule has 1 rings (SSSR count). The van der Waals surface area contributed by atoms with Crippen molar-refractivity contribution in [3.8, 4) is 0 Å². The highest BCUT2D eigenvalue weighted by Gasteiger charge is 2.15. The van der Waals surface area contributed by atoms with E-state index in [1.807, 2.05) is 4.90 Å². The summed E-state index contributed by atoms with van der Waals surface area (Å²) in [4.78, 5) is 13.2. The molecule has 0 aromatic carbocycles. The van der Waals surface area contributed by atoms with Crippen LogP contribution in [-0.4, -0.2) is 35.6 Å². The molecular weight excluding hydrogens is 154 g/mol. The first-order valence-corrected chi connectivity index (χ1v) is 4.73. The molecular formula is C9H17NO2. The molecule has 0 bridgehead atoms. The fourth-order valence-electron chi connectivity index (χ4n) is 1.54. The number of aliphatic hydroxyl groups excluding tert-OH is 1. The van der Waals surface area contributed by atoms with E-state index in [-0.39, 0.29) is 12.5 Å². The lowest BCUT2D eigenvalue weighted by Gasteiger charge is -2.19. The molecule has 1 fully saturated rings. The minimum atomic E-state index is 0.184. The Morgan fingerprint density at radius 3 is 2.92 bits per heavy atom. The van der Waals surface area contributed by atoms with Gasteiger partial charge in [-0.1, -0.05) is 6.42 Å². The zero-order valence-electron chi connectivity index (χ0n) is 7.46. The monoisotopic (exact) mass is 171 g/mol. The largest absolute Gasteiger partial charge is 0.396 e. The summed E-state index contributed by atoms with van der Waals surface area (Å²) < 4.78 is 0. The maximum absolute atomic E-state index is 11.4. The van der Waals surface area contributed by atoms with E-state index in [9.17, 15) is 4.79 Å². The molecule has 3 heteroatoms. The number of nitrogens with zero attached hydrogens (tertiary/aromatic N) is 1. The topological polar surface area (TPSA) is 40.5 Å². The molecule has 0 atom stereocenters. The van der Waals surface area contributed by atoms with Crippen LogP contribution in [0.25, 0.3) is 0 Å². The predicted octanol–water partition coefficient (Wildman–Crippen LogP) is 0.771. The number of likely N-dealkylation sites (tertiary alicyclic amines) is 1. The summed E-state index contributed by atoms with van der Waals surface area (Å²) in [5, 5.41) is 8.62. The van der Waals surface area contributed by atoms with Gasteiger partial charge in [0.05, 0.1) is 0 Å². The fourth-order valence-corrected chi connectivity index (χ4v) is 1.54. The summed E-state index contributed by atoms with van der Waals surface area (Å²) in [6, 6.07) is 0. The molecule has 0 aliphatic carbocycles. The molecule has 0 spiro atoms. The van der Waals surface area contributed by atoms with Gasteiger partial charge < -0.3 is 10.0 Å². The summed E-state index contributed by atoms with van der Waals surface area (Å²) in [5.41, 5.74) is 0. The Morgan fingerprint density at radius 2 is 2.17 bits per heavy atom. The Kier molecular flexibility index (Phi) is 4.08. The molecule has 0 unspecified atom stereocenters. The first-order chi connectivity index (χ1) is 5.84. The Balaban J connectivity index is 2.31. The lowest BCUT2D eigenvalue weighted by atomic mass is 10.2. The lowest BCUT2D eigenvalue weighted by molar-refractivity contribution is -0.130. The molecule has 1 saturated heterocycles. The van der Waals surface area contributed by atoms with Crippen LogP contribution in [0.15, 0.2) is 0 Å². The first kappa shape index (κ1) is 9.52. The van der Waals surface area contributed by atoms with E-state index in [1.54, 1.807) is 0 Å². The van der Waals surface area contributed by atoms with Gasteiger partial charge in [-0.15, -0.1) is 0 Å². The van der Waals surface area contributed by atoms with Gasteiger partial charge in [0.2, 0.25) is 5.91 Å². The van der Waals surface area contributed by atoms with Gasteiger partial charge in [0.15, 0.2) is 0 Å². The van der Waals surface area contributed by atoms with Crippen LogP contribution in [0.1, 0.15) is 32.1 Å². The van der Waals surface area contributed by atoms with E-state index >= 15 is 0 Å². The van der Waals surface area contributed by atoms with Crippen LogP contribution in [-0.2, 0) is 4.79 Å². The minimum absolute atomic E-state index is 0.184. The van der Waals surface area contributed by atoms with Gasteiger partial charge in [-0.2, -0.15) is 0 Å². The molecule has 0 radical (unpaired) electrons. The maximum Gasteiger partial charge on any atom is 0.222 e. The van der Waals surface area contributed by atoms with Crippen LogP contribution >= 0.6 is 0 Å². The maximum atomic E-state index is 11.4. The van der Waals surface area contributed by atoms with Crippen molar-refractivity contribution < 1.29 is 9.90 Å². The molecule has 0 aromatic rings. The number of carbonyl (C=O) groups is 1. The van der Waals surface area contributed by atoms with Crippen LogP contribution < -0.4 is 0 Å². The molecule has 1 aliphatic heterocycles. The standard InChI is InChI=1S/C9H17NO2/c11-8-4-7-10-6-3-1-2-5-9(10)12/h11H,1-8H2. The van der Waals surface area contributed by atoms with Gasteiger partial charge in [-0.3, -0.25) is 4.79 Å². The van der Waals surface area contributed by atoms with E-state index in [1.165, 1.54) is 6.42 Å². The van der Waals surface area contributed by atoms with Crippen molar-refractivity contribution in [3.63, 3.8) is 0 Å². The normalized spacial score (nSPS) is 19.4. The molecule has 0 aromatic heterocycles. The van der Waals surface area contributed by atoms with E-state index in [4.69, 9.17) is 5.11 Å². The number of hydrogen-bond acceptors (Lipinski definition) is 2. The van der Waals surface area contributed by atoms with Crippen LogP contribution in [0.4, 0.5) is 0 Å². The van der Waals surface area contributed by atoms with Gasteiger partial charge in [0, 0.05) is 26.1 Å². The van der Waals surface area contributed by atoms with Crippen molar-refractivity contribution in [1.82, 2.24) is 4.90 Å². The van der Waals surface area contributed by atoms with Crippen molar-refractivity contribution in [2.24, 2.45) is 0 Å². The highest BCUT2D eigenvalue weighted by molar-refractivity contribution is 5.76. The van der Waals surface area contributed by atoms with Crippen LogP contribution in [0.5, 0.6) is 0 Å². The number of rotatable bonds is 3. The Morgan fingerprint density at radius 1 is 1.33 bits per heavy atom. The van der Waals surface area contributed by atoms with E-state index in [0.29, 0.717) is 12.8 Å². The molecule has 12 heavy (non-hydrogen) atoms. The molecule has 70 valence electrons. The second-order valence-electron chi connectivity index (χ2n) is 3.27. The molecule has 1 N–H and O–H groups in total. The SMILES string of the molecule is O=C1CCCCCN1CCCO. The number of aliphatic hydroxyl groups is 1. The smallest absolute Gasteiger partial charge is 0.222 e. The van der Waals surface area contributed by atoms with Crippen molar-refractivity contribution in [1.29, 1.82) is 0 Å². The van der Waals surface area contributed by atoms with Gasteiger partial charge in [-0.25, -0.2) is 0 Å². The van der Waals surface area contributed by atoms with E-state index in [2.05, 4.69) is 0 Å². The quantitative estimate of drug-likeness (QED) is 0.681. The molecule has 1 aliphatic rings. The average Bonchev–Trinajstić information content (AvgIpc) is 2.27. The second-order valence-corrected chi connectivity index (χ2v) is 3.27. The molecule has 3 nitrogen and oxygen atoms in total. The zero-order chi connectivity index (χ0) is 8.81. The highest BCUT2D eigenvalue weighted by Crippen LogP contribution is 2.10. The molecule has 1 heterocycles. The first-order valence-electron chi connectivity index (χ1n) is 4.73. The van der Waals surface area contributed by atoms with Crippen molar-refractivity contribution in [2.75, 3.05) is 19.7 Å². The summed E-state index contributed by atoms with van der Waals surface area (Å²) in [6.07, 6.45) is 4.74. The zero-order valence-corrected chi connectivity index (χ0v) is 7.46. The van der Waals surface area contributed by atoms with E-state index in [0.717, 1.165) is 25.9 Å². The number of amides is 1. The van der Waals surface area contributed by atoms with Crippen molar-refractivity contribution in [3.05, 3.63) is 0 Å². The number of hydrogen-bond donors (Lipinski definition) is 1. The van der Waals surface area contributed by atoms with E-state index < -0.39 is 0 Å². The second kappa shape index (κ2) is 5.14. The third kappa shape index (κ3) is 2.81.